The third kappa shape index (κ3) is 2.96. The lowest BCUT2D eigenvalue weighted by Gasteiger charge is -2.22. The van der Waals surface area contributed by atoms with Crippen molar-refractivity contribution in [3.63, 3.8) is 0 Å². The second kappa shape index (κ2) is 5.73. The first kappa shape index (κ1) is 15.6. The molecule has 0 bridgehead atoms. The number of carbonyl (C=O) groups excluding carboxylic acids is 2. The Morgan fingerprint density at radius 1 is 1.43 bits per heavy atom. The van der Waals surface area contributed by atoms with Gasteiger partial charge >= 0.3 is 12.1 Å². The fraction of sp³-hybridized carbons (Fsp3) is 0.500. The van der Waals surface area contributed by atoms with Crippen molar-refractivity contribution >= 4 is 12.1 Å². The number of benzene rings is 1. The van der Waals surface area contributed by atoms with Crippen molar-refractivity contribution in [2.24, 2.45) is 0 Å². The SMILES string of the molecule is COC(=O)c1cc(CN2CCC3(C2)CN(C)C(=O)O3)ccc1O. The van der Waals surface area contributed by atoms with Crippen LogP contribution in [0, 0.1) is 0 Å². The number of methoxy groups -OCH3 is 1. The summed E-state index contributed by atoms with van der Waals surface area (Å²) in [5.74, 6) is -0.654. The minimum Gasteiger partial charge on any atom is -0.507 e. The van der Waals surface area contributed by atoms with Gasteiger partial charge in [-0.05, 0) is 17.7 Å². The number of aromatic hydroxyl groups is 1. The van der Waals surface area contributed by atoms with Crippen molar-refractivity contribution < 1.29 is 24.2 Å². The summed E-state index contributed by atoms with van der Waals surface area (Å²) in [4.78, 5) is 27.0. The largest absolute Gasteiger partial charge is 0.507 e. The molecule has 1 spiro atoms. The van der Waals surface area contributed by atoms with Gasteiger partial charge in [-0.15, -0.1) is 0 Å². The average Bonchev–Trinajstić information content (AvgIpc) is 3.03. The molecular weight excluding hydrogens is 300 g/mol. The number of carbonyl (C=O) groups is 2. The molecule has 2 heterocycles. The van der Waals surface area contributed by atoms with Gasteiger partial charge in [0, 0.05) is 33.1 Å². The van der Waals surface area contributed by atoms with E-state index in [1.165, 1.54) is 13.2 Å². The monoisotopic (exact) mass is 320 g/mol. The molecule has 2 aliphatic heterocycles. The van der Waals surface area contributed by atoms with Gasteiger partial charge in [0.2, 0.25) is 0 Å². The standard InChI is InChI=1S/C16H20N2O5/c1-17-9-16(23-15(17)21)5-6-18(10-16)8-11-3-4-13(19)12(7-11)14(20)22-2/h3-4,7,19H,5-6,8-10H2,1-2H3. The highest BCUT2D eigenvalue weighted by atomic mass is 16.6. The average molecular weight is 320 g/mol. The summed E-state index contributed by atoms with van der Waals surface area (Å²) >= 11 is 0. The third-order valence-corrected chi connectivity index (χ3v) is 4.41. The number of hydrogen-bond donors (Lipinski definition) is 1. The summed E-state index contributed by atoms with van der Waals surface area (Å²) in [5, 5.41) is 9.75. The summed E-state index contributed by atoms with van der Waals surface area (Å²) in [6.07, 6.45) is 0.523. The minimum absolute atomic E-state index is 0.0927. The van der Waals surface area contributed by atoms with Crippen LogP contribution in [0.5, 0.6) is 5.75 Å². The van der Waals surface area contributed by atoms with Crippen molar-refractivity contribution in [1.29, 1.82) is 0 Å². The molecule has 0 aliphatic carbocycles. The summed E-state index contributed by atoms with van der Waals surface area (Å²) in [7, 11) is 3.02. The number of esters is 1. The van der Waals surface area contributed by atoms with Crippen LogP contribution in [0.1, 0.15) is 22.3 Å². The van der Waals surface area contributed by atoms with E-state index in [1.807, 2.05) is 0 Å². The Hall–Kier alpha value is -2.28. The van der Waals surface area contributed by atoms with Crippen LogP contribution in [-0.4, -0.2) is 66.4 Å². The van der Waals surface area contributed by atoms with Crippen LogP contribution in [0.15, 0.2) is 18.2 Å². The molecule has 7 heteroatoms. The van der Waals surface area contributed by atoms with Crippen LogP contribution >= 0.6 is 0 Å². The van der Waals surface area contributed by atoms with Gasteiger partial charge in [0.05, 0.1) is 13.7 Å². The van der Waals surface area contributed by atoms with Crippen molar-refractivity contribution in [2.45, 2.75) is 18.6 Å². The van der Waals surface area contributed by atoms with Crippen molar-refractivity contribution in [1.82, 2.24) is 9.80 Å². The minimum atomic E-state index is -0.561. The number of phenolic OH excluding ortho intramolecular Hbond substituents is 1. The molecule has 3 rings (SSSR count). The number of likely N-dealkylation sites (N-methyl/N-ethyl adjacent to an activating group) is 1. The molecule has 1 N–H and O–H groups in total. The molecular formula is C16H20N2O5. The lowest BCUT2D eigenvalue weighted by atomic mass is 10.0. The van der Waals surface area contributed by atoms with Crippen LogP contribution in [0.3, 0.4) is 0 Å². The van der Waals surface area contributed by atoms with Crippen LogP contribution in [0.2, 0.25) is 0 Å². The molecule has 2 fully saturated rings. The zero-order valence-electron chi connectivity index (χ0n) is 13.2. The Labute approximate surface area is 134 Å². The van der Waals surface area contributed by atoms with E-state index in [-0.39, 0.29) is 17.4 Å². The number of nitrogens with zero attached hydrogens (tertiary/aromatic N) is 2. The molecule has 0 saturated carbocycles. The smallest absolute Gasteiger partial charge is 0.410 e. The lowest BCUT2D eigenvalue weighted by Crippen LogP contribution is -2.37. The highest BCUT2D eigenvalue weighted by Crippen LogP contribution is 2.32. The van der Waals surface area contributed by atoms with Crippen LogP contribution in [0.4, 0.5) is 4.79 Å². The normalized spacial score (nSPS) is 24.3. The second-order valence-corrected chi connectivity index (χ2v) is 6.21. The number of amides is 1. The fourth-order valence-electron chi connectivity index (χ4n) is 3.28. The van der Waals surface area contributed by atoms with Crippen LogP contribution in [0.25, 0.3) is 0 Å². The highest BCUT2D eigenvalue weighted by molar-refractivity contribution is 5.92. The Balaban J connectivity index is 1.69. The fourth-order valence-corrected chi connectivity index (χ4v) is 3.28. The van der Waals surface area contributed by atoms with Gasteiger partial charge in [0.25, 0.3) is 0 Å². The van der Waals surface area contributed by atoms with E-state index in [4.69, 9.17) is 4.74 Å². The number of likely N-dealkylation sites (tertiary alicyclic amines) is 1. The van der Waals surface area contributed by atoms with E-state index in [1.54, 1.807) is 24.1 Å². The van der Waals surface area contributed by atoms with Crippen LogP contribution < -0.4 is 0 Å². The van der Waals surface area contributed by atoms with Gasteiger partial charge in [-0.1, -0.05) is 6.07 Å². The number of ether oxygens (including phenoxy) is 2. The van der Waals surface area contributed by atoms with Gasteiger partial charge < -0.3 is 19.5 Å². The van der Waals surface area contributed by atoms with Gasteiger partial charge in [0.15, 0.2) is 0 Å². The van der Waals surface area contributed by atoms with Gasteiger partial charge in [0.1, 0.15) is 16.9 Å². The third-order valence-electron chi connectivity index (χ3n) is 4.41. The number of hydrogen-bond acceptors (Lipinski definition) is 6. The van der Waals surface area contributed by atoms with E-state index in [9.17, 15) is 14.7 Å². The Morgan fingerprint density at radius 2 is 2.22 bits per heavy atom. The van der Waals surface area contributed by atoms with Crippen molar-refractivity contribution in [3.8, 4) is 5.75 Å². The van der Waals surface area contributed by atoms with E-state index < -0.39 is 11.6 Å². The Kier molecular flexibility index (Phi) is 3.89. The molecule has 1 unspecified atom stereocenters. The van der Waals surface area contributed by atoms with Crippen molar-refractivity contribution in [2.75, 3.05) is 33.8 Å². The molecule has 23 heavy (non-hydrogen) atoms. The highest BCUT2D eigenvalue weighted by Gasteiger charge is 2.48. The first-order valence-electron chi connectivity index (χ1n) is 7.49. The van der Waals surface area contributed by atoms with E-state index >= 15 is 0 Å². The van der Waals surface area contributed by atoms with Crippen molar-refractivity contribution in [3.05, 3.63) is 29.3 Å². The first-order chi connectivity index (χ1) is 10.9. The zero-order chi connectivity index (χ0) is 16.6. The first-order valence-corrected chi connectivity index (χ1v) is 7.49. The summed E-state index contributed by atoms with van der Waals surface area (Å²) < 4.78 is 10.2. The Bertz CT molecular complexity index is 647. The van der Waals surface area contributed by atoms with Gasteiger partial charge in [-0.25, -0.2) is 9.59 Å². The summed E-state index contributed by atoms with van der Waals surface area (Å²) in [5.41, 5.74) is 0.636. The summed E-state index contributed by atoms with van der Waals surface area (Å²) in [6, 6.07) is 4.91. The second-order valence-electron chi connectivity index (χ2n) is 6.21. The maximum atomic E-state index is 11.6. The van der Waals surface area contributed by atoms with E-state index in [0.29, 0.717) is 19.6 Å². The maximum Gasteiger partial charge on any atom is 0.410 e. The predicted octanol–water partition coefficient (Wildman–Crippen LogP) is 1.21. The molecule has 1 amide bonds. The molecule has 1 aromatic carbocycles. The quantitative estimate of drug-likeness (QED) is 0.843. The molecule has 124 valence electrons. The van der Waals surface area contributed by atoms with Crippen LogP contribution in [-0.2, 0) is 16.0 Å². The molecule has 2 saturated heterocycles. The number of phenols is 1. The molecule has 0 radical (unpaired) electrons. The molecule has 1 atom stereocenters. The zero-order valence-corrected chi connectivity index (χ0v) is 13.2. The van der Waals surface area contributed by atoms with E-state index in [0.717, 1.165) is 18.5 Å². The molecule has 0 aromatic heterocycles. The van der Waals surface area contributed by atoms with E-state index in [2.05, 4.69) is 9.64 Å². The Morgan fingerprint density at radius 3 is 2.87 bits per heavy atom. The number of rotatable bonds is 3. The molecule has 2 aliphatic rings. The molecule has 7 nitrogen and oxygen atoms in total. The summed E-state index contributed by atoms with van der Waals surface area (Å²) in [6.45, 7) is 2.70. The van der Waals surface area contributed by atoms with Gasteiger partial charge in [-0.2, -0.15) is 0 Å². The topological polar surface area (TPSA) is 79.3 Å². The maximum absolute atomic E-state index is 11.6. The predicted molar refractivity (Wildman–Crippen MR) is 81.2 cm³/mol. The lowest BCUT2D eigenvalue weighted by molar-refractivity contribution is 0.0592. The van der Waals surface area contributed by atoms with Gasteiger partial charge in [-0.3, -0.25) is 4.90 Å². The molecule has 1 aromatic rings.